The maximum atomic E-state index is 12.4. The maximum absolute atomic E-state index is 12.4. The number of aliphatic hydroxyl groups excluding tert-OH is 1. The number of hydrogen-bond acceptors (Lipinski definition) is 5. The van der Waals surface area contributed by atoms with Crippen molar-refractivity contribution in [3.63, 3.8) is 0 Å². The molecule has 0 aliphatic carbocycles. The minimum Gasteiger partial charge on any atom is -0.476 e. The van der Waals surface area contributed by atoms with Crippen LogP contribution in [0.15, 0.2) is 24.4 Å². The lowest BCUT2D eigenvalue weighted by Crippen LogP contribution is -2.22. The molecule has 0 aliphatic rings. The number of nitrogens with zero attached hydrogens (tertiary/aromatic N) is 3. The summed E-state index contributed by atoms with van der Waals surface area (Å²) in [7, 11) is 0. The van der Waals surface area contributed by atoms with Gasteiger partial charge in [0.1, 0.15) is 0 Å². The van der Waals surface area contributed by atoms with E-state index in [1.54, 1.807) is 23.0 Å². The summed E-state index contributed by atoms with van der Waals surface area (Å²) in [4.78, 5) is 23.5. The number of carbonyl (C=O) groups is 2. The molecule has 4 N–H and O–H groups in total. The van der Waals surface area contributed by atoms with E-state index in [1.807, 2.05) is 6.92 Å². The zero-order valence-electron chi connectivity index (χ0n) is 13.5. The fourth-order valence-corrected chi connectivity index (χ4v) is 2.55. The first-order chi connectivity index (χ1) is 12.0. The highest BCUT2D eigenvalue weighted by Crippen LogP contribution is 2.18. The predicted octanol–water partition coefficient (Wildman–Crippen LogP) is 0.688. The number of aliphatic hydroxyl groups is 1. The monoisotopic (exact) mass is 343 g/mol. The third-order valence-electron chi connectivity index (χ3n) is 3.84. The molecule has 130 valence electrons. The second-order valence-electron chi connectivity index (χ2n) is 5.55. The number of H-pyrrole nitrogens is 1. The fourth-order valence-electron chi connectivity index (χ4n) is 2.55. The van der Waals surface area contributed by atoms with Crippen molar-refractivity contribution < 1.29 is 19.8 Å². The van der Waals surface area contributed by atoms with Crippen LogP contribution in [0.5, 0.6) is 0 Å². The van der Waals surface area contributed by atoms with Crippen LogP contribution in [0.4, 0.5) is 0 Å². The van der Waals surface area contributed by atoms with Gasteiger partial charge in [-0.3, -0.25) is 14.6 Å². The molecule has 0 radical (unpaired) electrons. The average Bonchev–Trinajstić information content (AvgIpc) is 3.15. The lowest BCUT2D eigenvalue weighted by Gasteiger charge is -2.05. The minimum atomic E-state index is -1.16. The first-order valence-corrected chi connectivity index (χ1v) is 7.63. The molecule has 9 nitrogen and oxygen atoms in total. The van der Waals surface area contributed by atoms with E-state index in [2.05, 4.69) is 20.6 Å². The van der Waals surface area contributed by atoms with Crippen LogP contribution in [0.3, 0.4) is 0 Å². The molecular weight excluding hydrogens is 326 g/mol. The van der Waals surface area contributed by atoms with Crippen molar-refractivity contribution in [2.45, 2.75) is 20.0 Å². The van der Waals surface area contributed by atoms with Gasteiger partial charge in [0, 0.05) is 29.3 Å². The molecule has 2 heterocycles. The summed E-state index contributed by atoms with van der Waals surface area (Å²) in [5.74, 6) is -1.48. The molecule has 0 saturated heterocycles. The number of fused-ring (bicyclic) bond motifs is 1. The Kier molecular flexibility index (Phi) is 4.48. The van der Waals surface area contributed by atoms with E-state index in [0.29, 0.717) is 23.0 Å². The fraction of sp³-hybridized carbons (Fsp3) is 0.250. The maximum Gasteiger partial charge on any atom is 0.357 e. The molecule has 1 amide bonds. The zero-order chi connectivity index (χ0) is 18.0. The number of carboxylic acid groups (broad SMARTS) is 1. The summed E-state index contributed by atoms with van der Waals surface area (Å²) < 4.78 is 1.62. The highest BCUT2D eigenvalue weighted by Gasteiger charge is 2.15. The van der Waals surface area contributed by atoms with Crippen LogP contribution in [0, 0.1) is 6.92 Å². The SMILES string of the molecule is Cc1nn(CCO)cc1CNC(=O)c1ccc2[nH]nc(C(=O)O)c2c1. The number of benzene rings is 1. The van der Waals surface area contributed by atoms with E-state index in [-0.39, 0.29) is 24.8 Å². The van der Waals surface area contributed by atoms with Crippen molar-refractivity contribution in [3.8, 4) is 0 Å². The second kappa shape index (κ2) is 6.73. The number of hydrogen-bond donors (Lipinski definition) is 4. The number of carbonyl (C=O) groups excluding carboxylic acids is 1. The van der Waals surface area contributed by atoms with Crippen LogP contribution in [-0.4, -0.2) is 48.7 Å². The number of amides is 1. The van der Waals surface area contributed by atoms with E-state index in [0.717, 1.165) is 11.3 Å². The molecule has 0 atom stereocenters. The summed E-state index contributed by atoms with van der Waals surface area (Å²) in [5, 5.41) is 31.8. The molecule has 3 rings (SSSR count). The Bertz CT molecular complexity index is 943. The van der Waals surface area contributed by atoms with Gasteiger partial charge in [0.2, 0.25) is 0 Å². The van der Waals surface area contributed by atoms with Gasteiger partial charge in [-0.05, 0) is 25.1 Å². The predicted molar refractivity (Wildman–Crippen MR) is 88.3 cm³/mol. The van der Waals surface area contributed by atoms with E-state index in [1.165, 1.54) is 6.07 Å². The highest BCUT2D eigenvalue weighted by atomic mass is 16.4. The molecule has 0 unspecified atom stereocenters. The Balaban J connectivity index is 1.76. The molecule has 0 spiro atoms. The Morgan fingerprint density at radius 3 is 2.88 bits per heavy atom. The Hall–Kier alpha value is -3.20. The van der Waals surface area contributed by atoms with Crippen molar-refractivity contribution >= 4 is 22.8 Å². The normalized spacial score (nSPS) is 11.0. The number of nitrogens with one attached hydrogen (secondary N) is 2. The zero-order valence-corrected chi connectivity index (χ0v) is 13.5. The lowest BCUT2D eigenvalue weighted by atomic mass is 10.1. The molecular formula is C16H17N5O4. The van der Waals surface area contributed by atoms with Gasteiger partial charge in [0.15, 0.2) is 5.69 Å². The lowest BCUT2D eigenvalue weighted by molar-refractivity contribution is 0.0692. The largest absolute Gasteiger partial charge is 0.476 e. The number of aryl methyl sites for hydroxylation is 1. The highest BCUT2D eigenvalue weighted by molar-refractivity contribution is 6.04. The second-order valence-corrected chi connectivity index (χ2v) is 5.55. The van der Waals surface area contributed by atoms with Gasteiger partial charge in [-0.2, -0.15) is 10.2 Å². The summed E-state index contributed by atoms with van der Waals surface area (Å²) in [6.07, 6.45) is 1.77. The molecule has 25 heavy (non-hydrogen) atoms. The van der Waals surface area contributed by atoms with E-state index in [4.69, 9.17) is 10.2 Å². The number of aromatic nitrogens is 4. The molecule has 2 aromatic heterocycles. The van der Waals surface area contributed by atoms with Gasteiger partial charge in [-0.15, -0.1) is 0 Å². The van der Waals surface area contributed by atoms with Crippen molar-refractivity contribution in [3.05, 3.63) is 46.9 Å². The van der Waals surface area contributed by atoms with Crippen LogP contribution in [0.2, 0.25) is 0 Å². The summed E-state index contributed by atoms with van der Waals surface area (Å²) in [6, 6.07) is 4.72. The quantitative estimate of drug-likeness (QED) is 0.520. The molecule has 0 aliphatic heterocycles. The van der Waals surface area contributed by atoms with Gasteiger partial charge in [0.05, 0.1) is 24.4 Å². The summed E-state index contributed by atoms with van der Waals surface area (Å²) >= 11 is 0. The van der Waals surface area contributed by atoms with Gasteiger partial charge < -0.3 is 15.5 Å². The number of carboxylic acids is 1. The molecule has 1 aromatic carbocycles. The molecule has 3 aromatic rings. The van der Waals surface area contributed by atoms with Gasteiger partial charge in [-0.1, -0.05) is 0 Å². The molecule has 0 saturated carbocycles. The molecule has 9 heteroatoms. The van der Waals surface area contributed by atoms with Crippen molar-refractivity contribution in [1.29, 1.82) is 0 Å². The van der Waals surface area contributed by atoms with Crippen molar-refractivity contribution in [1.82, 2.24) is 25.3 Å². The number of rotatable bonds is 6. The molecule has 0 bridgehead atoms. The smallest absolute Gasteiger partial charge is 0.357 e. The van der Waals surface area contributed by atoms with Crippen LogP contribution in [0.1, 0.15) is 32.1 Å². The van der Waals surface area contributed by atoms with Crippen LogP contribution < -0.4 is 5.32 Å². The van der Waals surface area contributed by atoms with Crippen LogP contribution in [-0.2, 0) is 13.1 Å². The molecule has 0 fully saturated rings. The van der Waals surface area contributed by atoms with E-state index >= 15 is 0 Å². The Morgan fingerprint density at radius 2 is 2.16 bits per heavy atom. The first kappa shape index (κ1) is 16.7. The van der Waals surface area contributed by atoms with Gasteiger partial charge in [-0.25, -0.2) is 4.79 Å². The number of aromatic amines is 1. The average molecular weight is 343 g/mol. The third kappa shape index (κ3) is 3.36. The third-order valence-corrected chi connectivity index (χ3v) is 3.84. The van der Waals surface area contributed by atoms with Crippen molar-refractivity contribution in [2.24, 2.45) is 0 Å². The Morgan fingerprint density at radius 1 is 1.36 bits per heavy atom. The summed E-state index contributed by atoms with van der Waals surface area (Å²) in [5.41, 5.74) is 2.39. The minimum absolute atomic E-state index is 0.0104. The van der Waals surface area contributed by atoms with Crippen LogP contribution in [0.25, 0.3) is 10.9 Å². The van der Waals surface area contributed by atoms with Crippen LogP contribution >= 0.6 is 0 Å². The number of aromatic carboxylic acids is 1. The Labute approximate surface area is 142 Å². The topological polar surface area (TPSA) is 133 Å². The van der Waals surface area contributed by atoms with E-state index in [9.17, 15) is 9.59 Å². The van der Waals surface area contributed by atoms with E-state index < -0.39 is 5.97 Å². The standard InChI is InChI=1S/C16H17N5O4/c1-9-11(8-21(20-9)4-5-22)7-17-15(23)10-2-3-13-12(6-10)14(16(24)25)19-18-13/h2-3,6,8,22H,4-5,7H2,1H3,(H,17,23)(H,18,19)(H,24,25). The van der Waals surface area contributed by atoms with Gasteiger partial charge >= 0.3 is 5.97 Å². The van der Waals surface area contributed by atoms with Crippen molar-refractivity contribution in [2.75, 3.05) is 6.61 Å². The summed E-state index contributed by atoms with van der Waals surface area (Å²) in [6.45, 7) is 2.49. The first-order valence-electron chi connectivity index (χ1n) is 7.63. The van der Waals surface area contributed by atoms with Gasteiger partial charge in [0.25, 0.3) is 5.91 Å².